The number of hydrogen-bond donors (Lipinski definition) is 1. The predicted octanol–water partition coefficient (Wildman–Crippen LogP) is 4.13. The monoisotopic (exact) mass is 293 g/mol. The van der Waals surface area contributed by atoms with E-state index in [-0.39, 0.29) is 0 Å². The normalized spacial score (nSPS) is 12.4. The molecule has 1 aromatic rings. The third-order valence-electron chi connectivity index (χ3n) is 3.54. The van der Waals surface area contributed by atoms with E-state index in [0.717, 1.165) is 37.6 Å². The minimum Gasteiger partial charge on any atom is -0.497 e. The maximum Gasteiger partial charge on any atom is 0.119 e. The SMILES string of the molecule is CCCC(CCOc1ccc(OC)cc1)CNCC(C)C. The Morgan fingerprint density at radius 3 is 2.24 bits per heavy atom. The summed E-state index contributed by atoms with van der Waals surface area (Å²) in [6.45, 7) is 9.71. The van der Waals surface area contributed by atoms with Gasteiger partial charge < -0.3 is 14.8 Å². The molecular formula is C18H31NO2. The summed E-state index contributed by atoms with van der Waals surface area (Å²) in [5.41, 5.74) is 0. The van der Waals surface area contributed by atoms with Crippen LogP contribution >= 0.6 is 0 Å². The van der Waals surface area contributed by atoms with Gasteiger partial charge in [-0.3, -0.25) is 0 Å². The van der Waals surface area contributed by atoms with Crippen molar-refractivity contribution in [3.63, 3.8) is 0 Å². The lowest BCUT2D eigenvalue weighted by atomic mass is 10.00. The first-order chi connectivity index (χ1) is 10.2. The van der Waals surface area contributed by atoms with Crippen LogP contribution in [0.25, 0.3) is 0 Å². The third-order valence-corrected chi connectivity index (χ3v) is 3.54. The lowest BCUT2D eigenvalue weighted by molar-refractivity contribution is 0.266. The average molecular weight is 293 g/mol. The van der Waals surface area contributed by atoms with E-state index in [1.807, 2.05) is 24.3 Å². The first kappa shape index (κ1) is 17.8. The molecule has 0 bridgehead atoms. The first-order valence-corrected chi connectivity index (χ1v) is 8.13. The Morgan fingerprint density at radius 2 is 1.67 bits per heavy atom. The van der Waals surface area contributed by atoms with Gasteiger partial charge in [0.05, 0.1) is 13.7 Å². The number of benzene rings is 1. The number of methoxy groups -OCH3 is 1. The smallest absolute Gasteiger partial charge is 0.119 e. The molecule has 0 heterocycles. The van der Waals surface area contributed by atoms with Gasteiger partial charge in [-0.1, -0.05) is 27.2 Å². The molecular weight excluding hydrogens is 262 g/mol. The fraction of sp³-hybridized carbons (Fsp3) is 0.667. The Labute approximate surface area is 130 Å². The maximum absolute atomic E-state index is 5.83. The highest BCUT2D eigenvalue weighted by atomic mass is 16.5. The van der Waals surface area contributed by atoms with Gasteiger partial charge >= 0.3 is 0 Å². The number of nitrogens with one attached hydrogen (secondary N) is 1. The number of hydrogen-bond acceptors (Lipinski definition) is 3. The summed E-state index contributed by atoms with van der Waals surface area (Å²) >= 11 is 0. The molecule has 0 radical (unpaired) electrons. The third kappa shape index (κ3) is 7.96. The van der Waals surface area contributed by atoms with Crippen molar-refractivity contribution < 1.29 is 9.47 Å². The second kappa shape index (κ2) is 10.5. The van der Waals surface area contributed by atoms with Gasteiger partial charge in [-0.05, 0) is 62.0 Å². The Bertz CT molecular complexity index is 362. The molecule has 21 heavy (non-hydrogen) atoms. The van der Waals surface area contributed by atoms with Gasteiger partial charge in [-0.2, -0.15) is 0 Å². The van der Waals surface area contributed by atoms with Crippen molar-refractivity contribution in [1.82, 2.24) is 5.32 Å². The van der Waals surface area contributed by atoms with Gasteiger partial charge in [-0.25, -0.2) is 0 Å². The summed E-state index contributed by atoms with van der Waals surface area (Å²) in [6, 6.07) is 7.79. The average Bonchev–Trinajstić information content (AvgIpc) is 2.47. The van der Waals surface area contributed by atoms with E-state index >= 15 is 0 Å². The topological polar surface area (TPSA) is 30.5 Å². The van der Waals surface area contributed by atoms with Crippen LogP contribution in [0, 0.1) is 11.8 Å². The molecule has 1 rings (SSSR count). The minimum absolute atomic E-state index is 0.701. The molecule has 1 aromatic carbocycles. The molecule has 0 aliphatic rings. The molecule has 0 saturated carbocycles. The molecule has 1 atom stereocenters. The van der Waals surface area contributed by atoms with Gasteiger partial charge in [0.25, 0.3) is 0 Å². The second-order valence-electron chi connectivity index (χ2n) is 6.02. The van der Waals surface area contributed by atoms with Crippen molar-refractivity contribution >= 4 is 0 Å². The van der Waals surface area contributed by atoms with Crippen molar-refractivity contribution in [1.29, 1.82) is 0 Å². The van der Waals surface area contributed by atoms with Crippen LogP contribution < -0.4 is 14.8 Å². The van der Waals surface area contributed by atoms with E-state index < -0.39 is 0 Å². The summed E-state index contributed by atoms with van der Waals surface area (Å²) in [7, 11) is 1.68. The molecule has 120 valence electrons. The molecule has 3 heteroatoms. The largest absolute Gasteiger partial charge is 0.497 e. The molecule has 0 aliphatic heterocycles. The highest BCUT2D eigenvalue weighted by Crippen LogP contribution is 2.18. The molecule has 0 aliphatic carbocycles. The second-order valence-corrected chi connectivity index (χ2v) is 6.02. The maximum atomic E-state index is 5.83. The van der Waals surface area contributed by atoms with E-state index in [2.05, 4.69) is 26.1 Å². The zero-order chi connectivity index (χ0) is 15.5. The Morgan fingerprint density at radius 1 is 1.00 bits per heavy atom. The van der Waals surface area contributed by atoms with Gasteiger partial charge in [0.1, 0.15) is 11.5 Å². The predicted molar refractivity (Wildman–Crippen MR) is 89.2 cm³/mol. The van der Waals surface area contributed by atoms with Crippen LogP contribution in [0.5, 0.6) is 11.5 Å². The minimum atomic E-state index is 0.701. The Hall–Kier alpha value is -1.22. The van der Waals surface area contributed by atoms with Crippen molar-refractivity contribution in [3.05, 3.63) is 24.3 Å². The van der Waals surface area contributed by atoms with Crippen molar-refractivity contribution in [2.45, 2.75) is 40.0 Å². The van der Waals surface area contributed by atoms with E-state index in [1.165, 1.54) is 12.8 Å². The molecule has 0 saturated heterocycles. The van der Waals surface area contributed by atoms with Crippen LogP contribution in [0.4, 0.5) is 0 Å². The van der Waals surface area contributed by atoms with E-state index in [0.29, 0.717) is 11.8 Å². The Balaban J connectivity index is 2.28. The molecule has 0 fully saturated rings. The van der Waals surface area contributed by atoms with Crippen LogP contribution in [0.1, 0.15) is 40.0 Å². The highest BCUT2D eigenvalue weighted by molar-refractivity contribution is 5.31. The summed E-state index contributed by atoms with van der Waals surface area (Å²) in [5, 5.41) is 3.56. The fourth-order valence-electron chi connectivity index (χ4n) is 2.35. The molecule has 1 unspecified atom stereocenters. The quantitative estimate of drug-likeness (QED) is 0.665. The van der Waals surface area contributed by atoms with E-state index in [1.54, 1.807) is 7.11 Å². The van der Waals surface area contributed by atoms with E-state index in [4.69, 9.17) is 9.47 Å². The summed E-state index contributed by atoms with van der Waals surface area (Å²) in [6.07, 6.45) is 3.60. The van der Waals surface area contributed by atoms with Gasteiger partial charge in [0.2, 0.25) is 0 Å². The highest BCUT2D eigenvalue weighted by Gasteiger charge is 2.08. The number of ether oxygens (including phenoxy) is 2. The summed E-state index contributed by atoms with van der Waals surface area (Å²) < 4.78 is 11.0. The van der Waals surface area contributed by atoms with Gasteiger partial charge in [0, 0.05) is 0 Å². The van der Waals surface area contributed by atoms with E-state index in [9.17, 15) is 0 Å². The zero-order valence-corrected chi connectivity index (χ0v) is 14.0. The zero-order valence-electron chi connectivity index (χ0n) is 14.0. The van der Waals surface area contributed by atoms with Gasteiger partial charge in [-0.15, -0.1) is 0 Å². The molecule has 0 aromatic heterocycles. The molecule has 3 nitrogen and oxygen atoms in total. The lowest BCUT2D eigenvalue weighted by Crippen LogP contribution is -2.27. The lowest BCUT2D eigenvalue weighted by Gasteiger charge is -2.18. The fourth-order valence-corrected chi connectivity index (χ4v) is 2.35. The Kier molecular flexibility index (Phi) is 8.91. The van der Waals surface area contributed by atoms with Crippen LogP contribution in [0.2, 0.25) is 0 Å². The summed E-state index contributed by atoms with van der Waals surface area (Å²) in [5.74, 6) is 3.19. The van der Waals surface area contributed by atoms with Crippen LogP contribution in [0.3, 0.4) is 0 Å². The summed E-state index contributed by atoms with van der Waals surface area (Å²) in [4.78, 5) is 0. The van der Waals surface area contributed by atoms with Crippen molar-refractivity contribution in [2.24, 2.45) is 11.8 Å². The van der Waals surface area contributed by atoms with Crippen molar-refractivity contribution in [2.75, 3.05) is 26.8 Å². The molecule has 0 spiro atoms. The van der Waals surface area contributed by atoms with Crippen LogP contribution in [-0.2, 0) is 0 Å². The van der Waals surface area contributed by atoms with Crippen LogP contribution in [-0.4, -0.2) is 26.8 Å². The molecule has 0 amide bonds. The van der Waals surface area contributed by atoms with Crippen LogP contribution in [0.15, 0.2) is 24.3 Å². The molecule has 1 N–H and O–H groups in total. The van der Waals surface area contributed by atoms with Crippen molar-refractivity contribution in [3.8, 4) is 11.5 Å². The van der Waals surface area contributed by atoms with Gasteiger partial charge in [0.15, 0.2) is 0 Å². The number of rotatable bonds is 11. The first-order valence-electron chi connectivity index (χ1n) is 8.13. The standard InChI is InChI=1S/C18H31NO2/c1-5-6-16(14-19-13-15(2)3)11-12-21-18-9-7-17(20-4)8-10-18/h7-10,15-16,19H,5-6,11-14H2,1-4H3.